The van der Waals surface area contributed by atoms with Crippen LogP contribution >= 0.6 is 0 Å². The van der Waals surface area contributed by atoms with E-state index >= 15 is 0 Å². The van der Waals surface area contributed by atoms with Crippen LogP contribution in [0.15, 0.2) is 54.6 Å². The topological polar surface area (TPSA) is 47.3 Å². The van der Waals surface area contributed by atoms with Crippen molar-refractivity contribution >= 4 is 0 Å². The highest BCUT2D eigenvalue weighted by Gasteiger charge is 2.11. The molecule has 1 atom stereocenters. The van der Waals surface area contributed by atoms with E-state index in [0.29, 0.717) is 12.1 Å². The Morgan fingerprint density at radius 3 is 2.35 bits per heavy atom. The van der Waals surface area contributed by atoms with Crippen LogP contribution < -0.4 is 0 Å². The second-order valence-corrected chi connectivity index (χ2v) is 4.93. The Morgan fingerprint density at radius 1 is 1.10 bits per heavy atom. The van der Waals surface area contributed by atoms with Gasteiger partial charge in [-0.1, -0.05) is 42.5 Å². The van der Waals surface area contributed by atoms with E-state index in [4.69, 9.17) is 5.26 Å². The summed E-state index contributed by atoms with van der Waals surface area (Å²) in [5.74, 6) is 0. The summed E-state index contributed by atoms with van der Waals surface area (Å²) in [4.78, 5) is 2.08. The van der Waals surface area contributed by atoms with Crippen LogP contribution in [0.1, 0.15) is 22.8 Å². The van der Waals surface area contributed by atoms with Crippen LogP contribution in [0.25, 0.3) is 0 Å². The molecule has 1 unspecified atom stereocenters. The van der Waals surface area contributed by atoms with E-state index in [-0.39, 0.29) is 0 Å². The van der Waals surface area contributed by atoms with Gasteiger partial charge in [0.1, 0.15) is 0 Å². The van der Waals surface area contributed by atoms with Gasteiger partial charge in [-0.3, -0.25) is 4.90 Å². The van der Waals surface area contributed by atoms with Crippen molar-refractivity contribution in [3.05, 3.63) is 71.3 Å². The van der Waals surface area contributed by atoms with Gasteiger partial charge in [-0.2, -0.15) is 5.26 Å². The number of likely N-dealkylation sites (N-methyl/N-ethyl adjacent to an activating group) is 1. The standard InChI is InChI=1S/C17H18N2O/c1-19(12-15-5-3-2-4-6-15)13-17(20)16-9-7-14(11-18)8-10-16/h2-10,17,20H,12-13H2,1H3. The van der Waals surface area contributed by atoms with Crippen molar-refractivity contribution in [3.8, 4) is 6.07 Å². The zero-order valence-electron chi connectivity index (χ0n) is 11.5. The van der Waals surface area contributed by atoms with Crippen molar-refractivity contribution in [1.82, 2.24) is 4.90 Å². The Hall–Kier alpha value is -2.15. The molecule has 0 amide bonds. The molecule has 2 aromatic rings. The summed E-state index contributed by atoms with van der Waals surface area (Å²) in [6.07, 6.45) is -0.545. The number of aliphatic hydroxyl groups excluding tert-OH is 1. The van der Waals surface area contributed by atoms with Gasteiger partial charge in [-0.15, -0.1) is 0 Å². The van der Waals surface area contributed by atoms with Gasteiger partial charge in [-0.05, 0) is 30.3 Å². The Balaban J connectivity index is 1.93. The molecule has 20 heavy (non-hydrogen) atoms. The Morgan fingerprint density at radius 2 is 1.75 bits per heavy atom. The largest absolute Gasteiger partial charge is 0.387 e. The highest BCUT2D eigenvalue weighted by Crippen LogP contribution is 2.15. The van der Waals surface area contributed by atoms with E-state index in [2.05, 4.69) is 23.1 Å². The average molecular weight is 266 g/mol. The van der Waals surface area contributed by atoms with Gasteiger partial charge in [0.15, 0.2) is 0 Å². The predicted octanol–water partition coefficient (Wildman–Crippen LogP) is 2.72. The van der Waals surface area contributed by atoms with Gasteiger partial charge in [-0.25, -0.2) is 0 Å². The summed E-state index contributed by atoms with van der Waals surface area (Å²) in [7, 11) is 1.99. The van der Waals surface area contributed by atoms with Crippen LogP contribution in [-0.4, -0.2) is 23.6 Å². The Bertz CT molecular complexity index is 572. The van der Waals surface area contributed by atoms with E-state index in [1.165, 1.54) is 5.56 Å². The van der Waals surface area contributed by atoms with E-state index in [1.54, 1.807) is 24.3 Å². The monoisotopic (exact) mass is 266 g/mol. The van der Waals surface area contributed by atoms with E-state index in [9.17, 15) is 5.11 Å². The minimum atomic E-state index is -0.545. The summed E-state index contributed by atoms with van der Waals surface area (Å²) < 4.78 is 0. The SMILES string of the molecule is CN(Cc1ccccc1)CC(O)c1ccc(C#N)cc1. The minimum absolute atomic E-state index is 0.545. The number of rotatable bonds is 5. The molecule has 2 rings (SSSR count). The molecule has 0 aliphatic heterocycles. The smallest absolute Gasteiger partial charge is 0.0991 e. The van der Waals surface area contributed by atoms with Gasteiger partial charge in [0.25, 0.3) is 0 Å². The molecule has 0 bridgehead atoms. The zero-order chi connectivity index (χ0) is 14.4. The van der Waals surface area contributed by atoms with Crippen molar-refractivity contribution in [2.24, 2.45) is 0 Å². The molecule has 0 spiro atoms. The molecule has 3 nitrogen and oxygen atoms in total. The maximum atomic E-state index is 10.2. The fourth-order valence-electron chi connectivity index (χ4n) is 2.14. The number of benzene rings is 2. The summed E-state index contributed by atoms with van der Waals surface area (Å²) in [5.41, 5.74) is 2.67. The lowest BCUT2D eigenvalue weighted by molar-refractivity contribution is 0.124. The molecule has 2 aromatic carbocycles. The van der Waals surface area contributed by atoms with Crippen molar-refractivity contribution in [3.63, 3.8) is 0 Å². The first-order valence-electron chi connectivity index (χ1n) is 6.59. The fraction of sp³-hybridized carbons (Fsp3) is 0.235. The van der Waals surface area contributed by atoms with Crippen LogP contribution in [0.3, 0.4) is 0 Å². The second-order valence-electron chi connectivity index (χ2n) is 4.93. The van der Waals surface area contributed by atoms with Gasteiger partial charge >= 0.3 is 0 Å². The molecule has 0 radical (unpaired) electrons. The first-order chi connectivity index (χ1) is 9.69. The molecule has 0 saturated carbocycles. The predicted molar refractivity (Wildman–Crippen MR) is 78.9 cm³/mol. The van der Waals surface area contributed by atoms with Crippen LogP contribution in [-0.2, 0) is 6.54 Å². The van der Waals surface area contributed by atoms with Gasteiger partial charge < -0.3 is 5.11 Å². The first kappa shape index (κ1) is 14.3. The maximum absolute atomic E-state index is 10.2. The third kappa shape index (κ3) is 3.92. The highest BCUT2D eigenvalue weighted by molar-refractivity contribution is 5.32. The molecular formula is C17H18N2O. The lowest BCUT2D eigenvalue weighted by atomic mass is 10.1. The van der Waals surface area contributed by atoms with Crippen LogP contribution in [0, 0.1) is 11.3 Å². The molecule has 0 saturated heterocycles. The van der Waals surface area contributed by atoms with Crippen LogP contribution in [0.2, 0.25) is 0 Å². The molecule has 3 heteroatoms. The van der Waals surface area contributed by atoms with Crippen molar-refractivity contribution < 1.29 is 5.11 Å². The summed E-state index contributed by atoms with van der Waals surface area (Å²) in [5, 5.41) is 19.0. The number of nitrogens with zero attached hydrogens (tertiary/aromatic N) is 2. The van der Waals surface area contributed by atoms with Gasteiger partial charge in [0, 0.05) is 13.1 Å². The van der Waals surface area contributed by atoms with Gasteiger partial charge in [0.05, 0.1) is 17.7 Å². The van der Waals surface area contributed by atoms with E-state index in [0.717, 1.165) is 12.1 Å². The third-order valence-electron chi connectivity index (χ3n) is 3.20. The summed E-state index contributed by atoms with van der Waals surface area (Å²) >= 11 is 0. The van der Waals surface area contributed by atoms with Crippen molar-refractivity contribution in [2.75, 3.05) is 13.6 Å². The molecule has 0 aliphatic rings. The van der Waals surface area contributed by atoms with Crippen molar-refractivity contribution in [2.45, 2.75) is 12.6 Å². The molecule has 0 aliphatic carbocycles. The summed E-state index contributed by atoms with van der Waals surface area (Å²) in [6.45, 7) is 1.36. The number of hydrogen-bond donors (Lipinski definition) is 1. The lowest BCUT2D eigenvalue weighted by Gasteiger charge is -2.21. The Labute approximate surface area is 119 Å². The maximum Gasteiger partial charge on any atom is 0.0991 e. The quantitative estimate of drug-likeness (QED) is 0.905. The molecule has 0 aromatic heterocycles. The summed E-state index contributed by atoms with van der Waals surface area (Å²) in [6, 6.07) is 19.3. The number of nitriles is 1. The average Bonchev–Trinajstić information content (AvgIpc) is 2.48. The third-order valence-corrected chi connectivity index (χ3v) is 3.20. The zero-order valence-corrected chi connectivity index (χ0v) is 11.5. The second kappa shape index (κ2) is 6.85. The lowest BCUT2D eigenvalue weighted by Crippen LogP contribution is -2.24. The minimum Gasteiger partial charge on any atom is -0.387 e. The first-order valence-corrected chi connectivity index (χ1v) is 6.59. The molecular weight excluding hydrogens is 248 g/mol. The normalized spacial score (nSPS) is 12.1. The van der Waals surface area contributed by atoms with E-state index < -0.39 is 6.10 Å². The molecule has 1 N–H and O–H groups in total. The van der Waals surface area contributed by atoms with Gasteiger partial charge in [0.2, 0.25) is 0 Å². The Kier molecular flexibility index (Phi) is 4.89. The number of hydrogen-bond acceptors (Lipinski definition) is 3. The number of aliphatic hydroxyl groups is 1. The van der Waals surface area contributed by atoms with Crippen molar-refractivity contribution in [1.29, 1.82) is 5.26 Å². The van der Waals surface area contributed by atoms with Crippen LogP contribution in [0.4, 0.5) is 0 Å². The highest BCUT2D eigenvalue weighted by atomic mass is 16.3. The van der Waals surface area contributed by atoms with E-state index in [1.807, 2.05) is 25.2 Å². The fourth-order valence-corrected chi connectivity index (χ4v) is 2.14. The molecule has 0 fully saturated rings. The molecule has 0 heterocycles. The van der Waals surface area contributed by atoms with Crippen LogP contribution in [0.5, 0.6) is 0 Å². The molecule has 102 valence electrons.